The number of ketones is 1. The van der Waals surface area contributed by atoms with Crippen LogP contribution in [0.25, 0.3) is 0 Å². The first-order chi connectivity index (χ1) is 10.0. The molecule has 0 bridgehead atoms. The molecule has 1 aliphatic rings. The quantitative estimate of drug-likeness (QED) is 0.373. The van der Waals surface area contributed by atoms with Gasteiger partial charge in [0.1, 0.15) is 0 Å². The second kappa shape index (κ2) is 6.53. The molecule has 1 saturated heterocycles. The van der Waals surface area contributed by atoms with Gasteiger partial charge in [0.25, 0.3) is 0 Å². The Morgan fingerprint density at radius 3 is 2.52 bits per heavy atom. The van der Waals surface area contributed by atoms with Gasteiger partial charge in [-0.05, 0) is 38.1 Å². The van der Waals surface area contributed by atoms with Crippen molar-refractivity contribution < 1.29 is 19.9 Å². The second-order valence-electron chi connectivity index (χ2n) is 5.16. The molecule has 0 aliphatic carbocycles. The normalized spacial score (nSPS) is 15.8. The Morgan fingerprint density at radius 2 is 1.90 bits per heavy atom. The average molecular weight is 294 g/mol. The Bertz CT molecular complexity index is 553. The van der Waals surface area contributed by atoms with Crippen molar-refractivity contribution in [1.29, 1.82) is 0 Å². The molecule has 7 heteroatoms. The number of hydrogen-bond acceptors (Lipinski definition) is 6. The molecular formula is C14H18N2O5. The molecule has 0 aromatic heterocycles. The summed E-state index contributed by atoms with van der Waals surface area (Å²) in [5.74, 6) is -1.86. The topological polar surface area (TPSA) is 104 Å². The van der Waals surface area contributed by atoms with E-state index in [1.807, 2.05) is 0 Å². The summed E-state index contributed by atoms with van der Waals surface area (Å²) < 4.78 is 0. The molecule has 114 valence electrons. The first kappa shape index (κ1) is 15.2. The van der Waals surface area contributed by atoms with E-state index in [-0.39, 0.29) is 12.0 Å². The number of hydrogen-bond donors (Lipinski definition) is 2. The summed E-state index contributed by atoms with van der Waals surface area (Å²) in [7, 11) is 0. The molecule has 7 nitrogen and oxygen atoms in total. The Balaban J connectivity index is 2.11. The van der Waals surface area contributed by atoms with Gasteiger partial charge in [-0.15, -0.1) is 0 Å². The Labute approximate surface area is 122 Å². The van der Waals surface area contributed by atoms with Gasteiger partial charge in [0.2, 0.25) is 5.75 Å². The van der Waals surface area contributed by atoms with Gasteiger partial charge in [0.05, 0.1) is 10.5 Å². The third-order valence-corrected chi connectivity index (χ3v) is 3.72. The zero-order valence-electron chi connectivity index (χ0n) is 11.6. The molecule has 0 radical (unpaired) electrons. The van der Waals surface area contributed by atoms with Crippen LogP contribution in [-0.2, 0) is 0 Å². The van der Waals surface area contributed by atoms with Crippen LogP contribution in [0.4, 0.5) is 5.69 Å². The summed E-state index contributed by atoms with van der Waals surface area (Å²) in [5, 5.41) is 29.9. The molecule has 0 unspecified atom stereocenters. The molecule has 1 aromatic rings. The average Bonchev–Trinajstić information content (AvgIpc) is 2.48. The van der Waals surface area contributed by atoms with Crippen LogP contribution in [0.2, 0.25) is 0 Å². The zero-order valence-corrected chi connectivity index (χ0v) is 11.6. The molecule has 2 rings (SSSR count). The Hall–Kier alpha value is -2.15. The molecule has 1 aromatic carbocycles. The molecular weight excluding hydrogens is 276 g/mol. The van der Waals surface area contributed by atoms with Crippen LogP contribution in [0.3, 0.4) is 0 Å². The van der Waals surface area contributed by atoms with Gasteiger partial charge in [0, 0.05) is 13.0 Å². The van der Waals surface area contributed by atoms with Crippen LogP contribution in [0.5, 0.6) is 11.5 Å². The molecule has 0 spiro atoms. The van der Waals surface area contributed by atoms with Gasteiger partial charge in [0.15, 0.2) is 11.5 Å². The summed E-state index contributed by atoms with van der Waals surface area (Å²) in [6.45, 7) is 2.43. The van der Waals surface area contributed by atoms with Crippen LogP contribution in [0.15, 0.2) is 12.1 Å². The van der Waals surface area contributed by atoms with E-state index in [4.69, 9.17) is 0 Å². The van der Waals surface area contributed by atoms with E-state index in [2.05, 4.69) is 4.90 Å². The maximum absolute atomic E-state index is 12.2. The Morgan fingerprint density at radius 1 is 1.24 bits per heavy atom. The number of phenolic OH excluding ortho intramolecular Hbond substituents is 2. The molecule has 2 N–H and O–H groups in total. The van der Waals surface area contributed by atoms with E-state index in [1.165, 1.54) is 12.5 Å². The van der Waals surface area contributed by atoms with Crippen LogP contribution >= 0.6 is 0 Å². The molecule has 1 heterocycles. The molecule has 0 amide bonds. The van der Waals surface area contributed by atoms with Gasteiger partial charge in [-0.25, -0.2) is 0 Å². The van der Waals surface area contributed by atoms with Gasteiger partial charge in [-0.1, -0.05) is 6.42 Å². The van der Waals surface area contributed by atoms with Crippen molar-refractivity contribution in [2.24, 2.45) is 0 Å². The van der Waals surface area contributed by atoms with Gasteiger partial charge < -0.3 is 15.1 Å². The Kier molecular flexibility index (Phi) is 4.74. The van der Waals surface area contributed by atoms with Crippen molar-refractivity contribution in [2.45, 2.75) is 25.7 Å². The number of likely N-dealkylation sites (tertiary alicyclic amines) is 1. The minimum atomic E-state index is -0.858. The molecule has 1 aliphatic heterocycles. The number of aromatic hydroxyl groups is 2. The lowest BCUT2D eigenvalue weighted by atomic mass is 10.0. The fourth-order valence-corrected chi connectivity index (χ4v) is 2.56. The monoisotopic (exact) mass is 294 g/mol. The number of carbonyl (C=O) groups is 1. The largest absolute Gasteiger partial charge is 0.504 e. The maximum atomic E-state index is 12.2. The second-order valence-corrected chi connectivity index (χ2v) is 5.16. The zero-order chi connectivity index (χ0) is 15.4. The van der Waals surface area contributed by atoms with Gasteiger partial charge in [-0.3, -0.25) is 14.9 Å². The van der Waals surface area contributed by atoms with Gasteiger partial charge >= 0.3 is 5.69 Å². The molecule has 0 atom stereocenters. The highest BCUT2D eigenvalue weighted by atomic mass is 16.6. The van der Waals surface area contributed by atoms with Crippen molar-refractivity contribution in [2.75, 3.05) is 19.6 Å². The van der Waals surface area contributed by atoms with Crippen molar-refractivity contribution in [3.8, 4) is 11.5 Å². The standard InChI is InChI=1S/C14H18N2O5/c17-11(6-9-15-7-2-1-3-8-15)10-4-5-12(18)14(19)13(10)16(20)21/h4-5,18-19H,1-3,6-9H2. The van der Waals surface area contributed by atoms with E-state index < -0.39 is 27.9 Å². The predicted molar refractivity (Wildman–Crippen MR) is 75.7 cm³/mol. The minimum absolute atomic E-state index is 0.158. The summed E-state index contributed by atoms with van der Waals surface area (Å²) in [6.07, 6.45) is 3.56. The first-order valence-corrected chi connectivity index (χ1v) is 6.95. The number of nitrogens with zero attached hydrogens (tertiary/aromatic N) is 2. The van der Waals surface area contributed by atoms with E-state index in [9.17, 15) is 25.1 Å². The number of nitro benzene ring substituents is 1. The number of phenols is 2. The minimum Gasteiger partial charge on any atom is -0.504 e. The van der Waals surface area contributed by atoms with E-state index in [0.29, 0.717) is 6.54 Å². The number of nitro groups is 1. The van der Waals surface area contributed by atoms with Crippen LogP contribution in [-0.4, -0.2) is 45.5 Å². The fraction of sp³-hybridized carbons (Fsp3) is 0.500. The van der Waals surface area contributed by atoms with Crippen LogP contribution in [0, 0.1) is 10.1 Å². The summed E-state index contributed by atoms with van der Waals surface area (Å²) in [4.78, 5) is 24.4. The fourth-order valence-electron chi connectivity index (χ4n) is 2.56. The lowest BCUT2D eigenvalue weighted by molar-refractivity contribution is -0.386. The summed E-state index contributed by atoms with van der Waals surface area (Å²) in [6, 6.07) is 2.28. The van der Waals surface area contributed by atoms with E-state index >= 15 is 0 Å². The van der Waals surface area contributed by atoms with Crippen molar-refractivity contribution in [1.82, 2.24) is 4.90 Å². The lowest BCUT2D eigenvalue weighted by Gasteiger charge is -2.25. The number of Topliss-reactive ketones (excluding diaryl/α,β-unsaturated/α-hetero) is 1. The highest BCUT2D eigenvalue weighted by Crippen LogP contribution is 2.38. The summed E-state index contributed by atoms with van der Waals surface area (Å²) in [5.41, 5.74) is -0.883. The third kappa shape index (κ3) is 3.49. The van der Waals surface area contributed by atoms with Crippen molar-refractivity contribution in [3.05, 3.63) is 27.8 Å². The third-order valence-electron chi connectivity index (χ3n) is 3.72. The molecule has 21 heavy (non-hydrogen) atoms. The maximum Gasteiger partial charge on any atom is 0.325 e. The molecule has 1 fully saturated rings. The number of piperidine rings is 1. The summed E-state index contributed by atoms with van der Waals surface area (Å²) >= 11 is 0. The first-order valence-electron chi connectivity index (χ1n) is 6.95. The molecule has 0 saturated carbocycles. The van der Waals surface area contributed by atoms with E-state index in [0.717, 1.165) is 32.0 Å². The lowest BCUT2D eigenvalue weighted by Crippen LogP contribution is -2.31. The van der Waals surface area contributed by atoms with Crippen molar-refractivity contribution in [3.63, 3.8) is 0 Å². The number of benzene rings is 1. The van der Waals surface area contributed by atoms with Gasteiger partial charge in [-0.2, -0.15) is 0 Å². The SMILES string of the molecule is O=C(CCN1CCCCC1)c1ccc(O)c(O)c1[N+](=O)[O-]. The van der Waals surface area contributed by atoms with Crippen LogP contribution in [0.1, 0.15) is 36.0 Å². The number of carbonyl (C=O) groups excluding carboxylic acids is 1. The van der Waals surface area contributed by atoms with E-state index in [1.54, 1.807) is 0 Å². The predicted octanol–water partition coefficient (Wildman–Crippen LogP) is 2.06. The van der Waals surface area contributed by atoms with Crippen molar-refractivity contribution >= 4 is 11.5 Å². The van der Waals surface area contributed by atoms with Crippen LogP contribution < -0.4 is 0 Å². The highest BCUT2D eigenvalue weighted by molar-refractivity contribution is 6.01. The number of rotatable bonds is 5. The highest BCUT2D eigenvalue weighted by Gasteiger charge is 2.27. The smallest absolute Gasteiger partial charge is 0.325 e.